The Hall–Kier alpha value is -2.45. The molecule has 0 atom stereocenters. The number of nitrogens with zero attached hydrogens (tertiary/aromatic N) is 3. The lowest BCUT2D eigenvalue weighted by Gasteiger charge is -2.23. The number of carbonyl (C=O) groups excluding carboxylic acids is 1. The first-order valence-electron chi connectivity index (χ1n) is 9.26. The van der Waals surface area contributed by atoms with Crippen molar-refractivity contribution in [1.29, 1.82) is 0 Å². The third-order valence-corrected chi connectivity index (χ3v) is 4.80. The molecule has 1 aromatic carbocycles. The Kier molecular flexibility index (Phi) is 6.41. The number of anilines is 1. The number of piperidine rings is 1. The first-order chi connectivity index (χ1) is 13.1. The summed E-state index contributed by atoms with van der Waals surface area (Å²) in [6.07, 6.45) is 1.99. The van der Waals surface area contributed by atoms with Gasteiger partial charge in [0, 0.05) is 12.8 Å². The van der Waals surface area contributed by atoms with E-state index < -0.39 is 0 Å². The Morgan fingerprint density at radius 2 is 2.07 bits per heavy atom. The second-order valence-electron chi connectivity index (χ2n) is 6.72. The van der Waals surface area contributed by atoms with Crippen LogP contribution in [0.25, 0.3) is 0 Å². The van der Waals surface area contributed by atoms with Gasteiger partial charge >= 0.3 is 0 Å². The average Bonchev–Trinajstić information content (AvgIpc) is 3.06. The fourth-order valence-corrected chi connectivity index (χ4v) is 3.24. The quantitative estimate of drug-likeness (QED) is 0.723. The maximum atomic E-state index is 12.7. The van der Waals surface area contributed by atoms with Crippen molar-refractivity contribution in [2.75, 3.05) is 38.7 Å². The van der Waals surface area contributed by atoms with Crippen molar-refractivity contribution in [3.8, 4) is 5.75 Å². The van der Waals surface area contributed by atoms with Gasteiger partial charge in [-0.1, -0.05) is 5.21 Å². The molecule has 0 bridgehead atoms. The van der Waals surface area contributed by atoms with Gasteiger partial charge in [0.15, 0.2) is 5.69 Å². The highest BCUT2D eigenvalue weighted by Gasteiger charge is 2.23. The number of hydrogen-bond donors (Lipinski definition) is 2. The van der Waals surface area contributed by atoms with Gasteiger partial charge in [0.2, 0.25) is 0 Å². The van der Waals surface area contributed by atoms with Gasteiger partial charge in [0.1, 0.15) is 12.4 Å². The summed E-state index contributed by atoms with van der Waals surface area (Å²) in [5.41, 5.74) is 2.82. The lowest BCUT2D eigenvalue weighted by molar-refractivity contribution is 0.102. The van der Waals surface area contributed by atoms with Crippen LogP contribution in [0.15, 0.2) is 18.2 Å². The van der Waals surface area contributed by atoms with E-state index in [1.54, 1.807) is 7.11 Å². The van der Waals surface area contributed by atoms with Crippen LogP contribution in [0.5, 0.6) is 5.75 Å². The van der Waals surface area contributed by atoms with Crippen LogP contribution in [0, 0.1) is 13.8 Å². The van der Waals surface area contributed by atoms with E-state index in [0.29, 0.717) is 24.9 Å². The maximum absolute atomic E-state index is 12.7. The molecule has 0 saturated carbocycles. The molecule has 1 fully saturated rings. The van der Waals surface area contributed by atoms with E-state index in [1.807, 2.05) is 36.7 Å². The third kappa shape index (κ3) is 4.64. The topological polar surface area (TPSA) is 90.3 Å². The molecule has 27 heavy (non-hydrogen) atoms. The van der Waals surface area contributed by atoms with E-state index in [0.717, 1.165) is 48.6 Å². The van der Waals surface area contributed by atoms with Crippen molar-refractivity contribution >= 4 is 11.6 Å². The van der Waals surface area contributed by atoms with Crippen LogP contribution in [0.4, 0.5) is 5.69 Å². The molecular weight excluding hydrogens is 346 g/mol. The highest BCUT2D eigenvalue weighted by atomic mass is 16.5. The molecule has 0 radical (unpaired) electrons. The number of aromatic nitrogens is 3. The molecular formula is C19H27N5O3. The van der Waals surface area contributed by atoms with Gasteiger partial charge < -0.3 is 20.1 Å². The predicted octanol–water partition coefficient (Wildman–Crippen LogP) is 2.10. The molecule has 0 unspecified atom stereocenters. The van der Waals surface area contributed by atoms with Crippen LogP contribution >= 0.6 is 0 Å². The van der Waals surface area contributed by atoms with Crippen LogP contribution in [-0.2, 0) is 4.74 Å². The van der Waals surface area contributed by atoms with E-state index >= 15 is 0 Å². The van der Waals surface area contributed by atoms with Gasteiger partial charge in [0.05, 0.1) is 18.3 Å². The number of benzene rings is 1. The lowest BCUT2D eigenvalue weighted by Crippen LogP contribution is -2.30. The van der Waals surface area contributed by atoms with Gasteiger partial charge in [-0.2, -0.15) is 0 Å². The molecule has 0 spiro atoms. The van der Waals surface area contributed by atoms with Crippen molar-refractivity contribution in [3.63, 3.8) is 0 Å². The highest BCUT2D eigenvalue weighted by Crippen LogP contribution is 2.23. The molecule has 8 heteroatoms. The molecule has 1 aliphatic rings. The molecule has 2 N–H and O–H groups in total. The van der Waals surface area contributed by atoms with Crippen molar-refractivity contribution in [2.45, 2.75) is 32.7 Å². The minimum Gasteiger partial charge on any atom is -0.491 e. The Morgan fingerprint density at radius 3 is 2.78 bits per heavy atom. The van der Waals surface area contributed by atoms with E-state index in [1.165, 1.54) is 0 Å². The number of carbonyl (C=O) groups is 1. The number of aryl methyl sites for hydroxylation is 1. The molecule has 1 amide bonds. The largest absolute Gasteiger partial charge is 0.491 e. The monoisotopic (exact) mass is 373 g/mol. The van der Waals surface area contributed by atoms with Gasteiger partial charge in [-0.05, 0) is 63.5 Å². The Labute approximate surface area is 159 Å². The highest BCUT2D eigenvalue weighted by molar-refractivity contribution is 6.03. The molecule has 3 rings (SSSR count). The van der Waals surface area contributed by atoms with E-state index in [-0.39, 0.29) is 5.91 Å². The van der Waals surface area contributed by atoms with Crippen LogP contribution in [0.2, 0.25) is 0 Å². The van der Waals surface area contributed by atoms with E-state index in [9.17, 15) is 4.79 Å². The molecule has 8 nitrogen and oxygen atoms in total. The first kappa shape index (κ1) is 19.3. The maximum Gasteiger partial charge on any atom is 0.278 e. The summed E-state index contributed by atoms with van der Waals surface area (Å²) in [7, 11) is 1.64. The van der Waals surface area contributed by atoms with Crippen molar-refractivity contribution in [2.24, 2.45) is 0 Å². The summed E-state index contributed by atoms with van der Waals surface area (Å²) < 4.78 is 12.5. The van der Waals surface area contributed by atoms with Crippen molar-refractivity contribution in [1.82, 2.24) is 20.3 Å². The lowest BCUT2D eigenvalue weighted by atomic mass is 10.1. The first-order valence-corrected chi connectivity index (χ1v) is 9.26. The summed E-state index contributed by atoms with van der Waals surface area (Å²) >= 11 is 0. The summed E-state index contributed by atoms with van der Waals surface area (Å²) in [4.78, 5) is 12.7. The molecule has 2 aromatic rings. The number of nitrogens with one attached hydrogen (secondary N) is 2. The summed E-state index contributed by atoms with van der Waals surface area (Å²) in [6.45, 7) is 6.77. The number of ether oxygens (including phenoxy) is 2. The molecule has 1 aromatic heterocycles. The summed E-state index contributed by atoms with van der Waals surface area (Å²) in [5.74, 6) is 0.499. The molecule has 1 saturated heterocycles. The average molecular weight is 373 g/mol. The Morgan fingerprint density at radius 1 is 1.30 bits per heavy atom. The van der Waals surface area contributed by atoms with E-state index in [2.05, 4.69) is 20.9 Å². The van der Waals surface area contributed by atoms with Crippen LogP contribution in [0.3, 0.4) is 0 Å². The minimum absolute atomic E-state index is 0.246. The molecule has 0 aliphatic carbocycles. The van der Waals surface area contributed by atoms with Crippen LogP contribution in [0.1, 0.15) is 40.6 Å². The SMILES string of the molecule is COCCOc1ccc(NC(=O)c2nnn(C3CCNCC3)c2C)c(C)c1. The fraction of sp³-hybridized carbons (Fsp3) is 0.526. The minimum atomic E-state index is -0.246. The number of rotatable bonds is 7. The zero-order valence-corrected chi connectivity index (χ0v) is 16.1. The second kappa shape index (κ2) is 8.96. The van der Waals surface area contributed by atoms with E-state index in [4.69, 9.17) is 9.47 Å². The zero-order valence-electron chi connectivity index (χ0n) is 16.1. The number of hydrogen-bond acceptors (Lipinski definition) is 6. The van der Waals surface area contributed by atoms with Crippen LogP contribution in [-0.4, -0.2) is 54.3 Å². The predicted molar refractivity (Wildman–Crippen MR) is 102 cm³/mol. The summed E-state index contributed by atoms with van der Waals surface area (Å²) in [5, 5.41) is 14.6. The van der Waals surface area contributed by atoms with Gasteiger partial charge in [-0.25, -0.2) is 4.68 Å². The standard InChI is InChI=1S/C19H27N5O3/c1-13-12-16(27-11-10-26-3)4-5-17(13)21-19(25)18-14(2)24(23-22-18)15-6-8-20-9-7-15/h4-5,12,15,20H,6-11H2,1-3H3,(H,21,25). The van der Waals surface area contributed by atoms with Crippen LogP contribution < -0.4 is 15.4 Å². The molecule has 1 aliphatic heterocycles. The molecule has 146 valence electrons. The van der Waals surface area contributed by atoms with Crippen molar-refractivity contribution < 1.29 is 14.3 Å². The normalized spacial score (nSPS) is 14.9. The van der Waals surface area contributed by atoms with Gasteiger partial charge in [-0.3, -0.25) is 4.79 Å². The van der Waals surface area contributed by atoms with Gasteiger partial charge in [0.25, 0.3) is 5.91 Å². The fourth-order valence-electron chi connectivity index (χ4n) is 3.24. The van der Waals surface area contributed by atoms with Gasteiger partial charge in [-0.15, -0.1) is 5.10 Å². The molecule has 2 heterocycles. The Balaban J connectivity index is 1.67. The third-order valence-electron chi connectivity index (χ3n) is 4.80. The summed E-state index contributed by atoms with van der Waals surface area (Å²) in [6, 6.07) is 5.86. The zero-order chi connectivity index (χ0) is 19.2. The smallest absolute Gasteiger partial charge is 0.278 e. The Bertz CT molecular complexity index is 784. The second-order valence-corrected chi connectivity index (χ2v) is 6.72. The van der Waals surface area contributed by atoms with Crippen molar-refractivity contribution in [3.05, 3.63) is 35.2 Å². The number of methoxy groups -OCH3 is 1. The number of amides is 1.